The summed E-state index contributed by atoms with van der Waals surface area (Å²) in [6, 6.07) is 2.80. The molecule has 170 valence electrons. The average Bonchev–Trinajstić information content (AvgIpc) is 3.48. The number of nitrogens with zero attached hydrogens (tertiary/aromatic N) is 2. The van der Waals surface area contributed by atoms with Crippen molar-refractivity contribution in [2.24, 2.45) is 5.73 Å². The molecule has 31 heavy (non-hydrogen) atoms. The molecule has 3 aliphatic rings. The average molecular weight is 453 g/mol. The second-order valence-electron chi connectivity index (χ2n) is 9.00. The minimum atomic E-state index is -0.960. The molecule has 0 spiro atoms. The number of nitrogens with two attached hydrogens (primary N) is 1. The predicted octanol–water partition coefficient (Wildman–Crippen LogP) is 2.57. The molecule has 7 nitrogen and oxygen atoms in total. The number of likely N-dealkylation sites (tertiary alicyclic amines) is 1. The molecule has 2 aliphatic heterocycles. The second-order valence-corrected chi connectivity index (χ2v) is 9.40. The molecule has 0 radical (unpaired) electrons. The van der Waals surface area contributed by atoms with Crippen molar-refractivity contribution in [3.05, 3.63) is 34.1 Å². The van der Waals surface area contributed by atoms with Gasteiger partial charge in [0, 0.05) is 42.9 Å². The quantitative estimate of drug-likeness (QED) is 0.718. The minimum Gasteiger partial charge on any atom is -0.379 e. The van der Waals surface area contributed by atoms with Gasteiger partial charge in [0.25, 0.3) is 0 Å². The maximum atomic E-state index is 14.2. The lowest BCUT2D eigenvalue weighted by Gasteiger charge is -2.41. The van der Waals surface area contributed by atoms with Gasteiger partial charge in [-0.2, -0.15) is 0 Å². The third-order valence-electron chi connectivity index (χ3n) is 6.49. The highest BCUT2D eigenvalue weighted by atomic mass is 35.5. The molecule has 2 atom stereocenters. The zero-order chi connectivity index (χ0) is 22.2. The number of hydrogen-bond donors (Lipinski definition) is 2. The molecule has 0 aromatic heterocycles. The molecule has 1 aliphatic carbocycles. The minimum absolute atomic E-state index is 0.0760. The maximum Gasteiger partial charge on any atom is 0.318 e. The van der Waals surface area contributed by atoms with Crippen LogP contribution in [0.15, 0.2) is 12.1 Å². The van der Waals surface area contributed by atoms with E-state index in [4.69, 9.17) is 22.1 Å². The Bertz CT molecular complexity index is 857. The molecule has 3 fully saturated rings. The van der Waals surface area contributed by atoms with Crippen molar-refractivity contribution < 1.29 is 18.7 Å². The van der Waals surface area contributed by atoms with Crippen LogP contribution in [0.25, 0.3) is 0 Å². The molecule has 9 heteroatoms. The smallest absolute Gasteiger partial charge is 0.318 e. The van der Waals surface area contributed by atoms with Crippen LogP contribution in [0, 0.1) is 12.7 Å². The Morgan fingerprint density at radius 3 is 2.81 bits per heavy atom. The third kappa shape index (κ3) is 4.81. The summed E-state index contributed by atoms with van der Waals surface area (Å²) in [6.45, 7) is 3.74. The molecular formula is C22H30ClFN4O3. The monoisotopic (exact) mass is 452 g/mol. The molecule has 4 rings (SSSR count). The number of carbonyl (C=O) groups excluding carboxylic acids is 2. The Labute approximate surface area is 187 Å². The Morgan fingerprint density at radius 2 is 2.13 bits per heavy atom. The molecule has 2 saturated heterocycles. The lowest BCUT2D eigenvalue weighted by Crippen LogP contribution is -2.61. The number of urea groups is 1. The van der Waals surface area contributed by atoms with Crippen molar-refractivity contribution in [1.82, 2.24) is 15.1 Å². The molecule has 0 bridgehead atoms. The van der Waals surface area contributed by atoms with Crippen molar-refractivity contribution in [1.29, 1.82) is 0 Å². The molecule has 3 amide bonds. The van der Waals surface area contributed by atoms with Crippen LogP contribution in [-0.2, 0) is 16.1 Å². The molecule has 1 aromatic rings. The first kappa shape index (κ1) is 22.3. The van der Waals surface area contributed by atoms with Crippen molar-refractivity contribution in [3.63, 3.8) is 0 Å². The Kier molecular flexibility index (Phi) is 6.42. The summed E-state index contributed by atoms with van der Waals surface area (Å²) in [5.41, 5.74) is 6.49. The summed E-state index contributed by atoms with van der Waals surface area (Å²) in [5.74, 6) is -0.528. The number of ether oxygens (including phenoxy) is 1. The van der Waals surface area contributed by atoms with E-state index in [1.165, 1.54) is 6.07 Å². The van der Waals surface area contributed by atoms with Crippen LogP contribution in [0.5, 0.6) is 0 Å². The topological polar surface area (TPSA) is 87.9 Å². The highest BCUT2D eigenvalue weighted by molar-refractivity contribution is 6.31. The highest BCUT2D eigenvalue weighted by Crippen LogP contribution is 2.32. The third-order valence-corrected chi connectivity index (χ3v) is 6.89. The highest BCUT2D eigenvalue weighted by Gasteiger charge is 2.44. The number of hydrogen-bond acceptors (Lipinski definition) is 4. The van der Waals surface area contributed by atoms with Crippen molar-refractivity contribution >= 4 is 23.5 Å². The zero-order valence-electron chi connectivity index (χ0n) is 17.8. The van der Waals surface area contributed by atoms with E-state index in [1.807, 2.05) is 4.90 Å². The number of rotatable bonds is 5. The number of benzene rings is 1. The summed E-state index contributed by atoms with van der Waals surface area (Å²) in [7, 11) is 0. The molecule has 1 saturated carbocycles. The van der Waals surface area contributed by atoms with Gasteiger partial charge in [0.1, 0.15) is 11.4 Å². The summed E-state index contributed by atoms with van der Waals surface area (Å²) in [6.07, 6.45) is 4.05. The molecular weight excluding hydrogens is 423 g/mol. The van der Waals surface area contributed by atoms with E-state index in [2.05, 4.69) is 5.32 Å². The fourth-order valence-electron chi connectivity index (χ4n) is 4.53. The van der Waals surface area contributed by atoms with Crippen LogP contribution >= 0.6 is 11.6 Å². The van der Waals surface area contributed by atoms with E-state index >= 15 is 0 Å². The Hall–Kier alpha value is -1.90. The second kappa shape index (κ2) is 8.92. The summed E-state index contributed by atoms with van der Waals surface area (Å²) in [5, 5.41) is 3.23. The molecule has 3 N–H and O–H groups in total. The van der Waals surface area contributed by atoms with Gasteiger partial charge in [0.2, 0.25) is 5.91 Å². The van der Waals surface area contributed by atoms with E-state index < -0.39 is 11.4 Å². The fourth-order valence-corrected chi connectivity index (χ4v) is 4.68. The summed E-state index contributed by atoms with van der Waals surface area (Å²) < 4.78 is 19.6. The van der Waals surface area contributed by atoms with Gasteiger partial charge < -0.3 is 25.6 Å². The summed E-state index contributed by atoms with van der Waals surface area (Å²) in [4.78, 5) is 29.7. The van der Waals surface area contributed by atoms with E-state index in [0.29, 0.717) is 36.7 Å². The van der Waals surface area contributed by atoms with E-state index in [0.717, 1.165) is 31.2 Å². The van der Waals surface area contributed by atoms with Gasteiger partial charge in [-0.25, -0.2) is 9.18 Å². The van der Waals surface area contributed by atoms with Crippen LogP contribution in [0.2, 0.25) is 5.02 Å². The van der Waals surface area contributed by atoms with Crippen molar-refractivity contribution in [2.45, 2.75) is 63.2 Å². The van der Waals surface area contributed by atoms with Crippen LogP contribution in [0.1, 0.15) is 43.2 Å². The number of amides is 3. The number of halogens is 2. The first-order valence-corrected chi connectivity index (χ1v) is 11.3. The zero-order valence-corrected chi connectivity index (χ0v) is 18.6. The molecule has 1 unspecified atom stereocenters. The van der Waals surface area contributed by atoms with Gasteiger partial charge in [-0.15, -0.1) is 0 Å². The number of aryl methyl sites for hydroxylation is 1. The standard InChI is InChI=1S/C22H30ClFN4O3/c1-14-9-15(19(24)10-18(14)23)11-26-21(30)28(16-4-5-16)17-3-2-7-27(12-17)20(29)22(25)6-8-31-13-22/h9-10,16-17H,2-8,11-13,25H2,1H3,(H,26,30)/t17-,22?/m1/s1. The van der Waals surface area contributed by atoms with Gasteiger partial charge in [0.15, 0.2) is 0 Å². The Balaban J connectivity index is 1.41. The first-order valence-electron chi connectivity index (χ1n) is 11.0. The number of nitrogens with one attached hydrogen (secondary N) is 1. The first-order chi connectivity index (χ1) is 14.8. The van der Waals surface area contributed by atoms with Gasteiger partial charge >= 0.3 is 6.03 Å². The predicted molar refractivity (Wildman–Crippen MR) is 115 cm³/mol. The molecule has 2 heterocycles. The normalized spacial score (nSPS) is 26.1. The SMILES string of the molecule is Cc1cc(CNC(=O)N(C2CC2)[C@@H]2CCCN(C(=O)C3(N)CCOC3)C2)c(F)cc1Cl. The van der Waals surface area contributed by atoms with Gasteiger partial charge in [-0.3, -0.25) is 4.79 Å². The van der Waals surface area contributed by atoms with Crippen LogP contribution in [0.3, 0.4) is 0 Å². The van der Waals surface area contributed by atoms with Crippen molar-refractivity contribution in [3.8, 4) is 0 Å². The van der Waals surface area contributed by atoms with Gasteiger partial charge in [0.05, 0.1) is 12.6 Å². The fraction of sp³-hybridized carbons (Fsp3) is 0.636. The van der Waals surface area contributed by atoms with Crippen LogP contribution in [0.4, 0.5) is 9.18 Å². The van der Waals surface area contributed by atoms with E-state index in [1.54, 1.807) is 17.9 Å². The number of carbonyl (C=O) groups is 2. The van der Waals surface area contributed by atoms with Crippen LogP contribution < -0.4 is 11.1 Å². The summed E-state index contributed by atoms with van der Waals surface area (Å²) >= 11 is 5.96. The lowest BCUT2D eigenvalue weighted by atomic mass is 9.95. The maximum absolute atomic E-state index is 14.2. The van der Waals surface area contributed by atoms with Crippen molar-refractivity contribution in [2.75, 3.05) is 26.3 Å². The van der Waals surface area contributed by atoms with E-state index in [-0.39, 0.29) is 37.2 Å². The largest absolute Gasteiger partial charge is 0.379 e. The molecule has 1 aromatic carbocycles. The van der Waals surface area contributed by atoms with E-state index in [9.17, 15) is 14.0 Å². The van der Waals surface area contributed by atoms with Crippen LogP contribution in [-0.4, -0.2) is 65.7 Å². The van der Waals surface area contributed by atoms with Gasteiger partial charge in [-0.05, 0) is 56.7 Å². The van der Waals surface area contributed by atoms with Gasteiger partial charge in [-0.1, -0.05) is 11.6 Å². The number of piperidine rings is 1. The Morgan fingerprint density at radius 1 is 1.35 bits per heavy atom. The lowest BCUT2D eigenvalue weighted by molar-refractivity contribution is -0.139.